The van der Waals surface area contributed by atoms with Crippen LogP contribution in [0, 0.1) is 0 Å². The SMILES string of the molecule is COC(=O)c1ccc(Oc2ccc(/C=C3/OC(=O)NC3=O)cc2OC)c2ccccc12. The molecular weight excluding hydrogens is 402 g/mol. The average molecular weight is 419 g/mol. The fourth-order valence-electron chi connectivity index (χ4n) is 3.20. The van der Waals surface area contributed by atoms with Gasteiger partial charge >= 0.3 is 12.1 Å². The van der Waals surface area contributed by atoms with Crippen LogP contribution in [0.4, 0.5) is 4.79 Å². The number of fused-ring (bicyclic) bond motifs is 1. The second kappa shape index (κ2) is 8.19. The molecule has 0 saturated carbocycles. The van der Waals surface area contributed by atoms with E-state index in [1.165, 1.54) is 20.3 Å². The molecule has 0 radical (unpaired) electrons. The van der Waals surface area contributed by atoms with Crippen LogP contribution in [0.2, 0.25) is 0 Å². The summed E-state index contributed by atoms with van der Waals surface area (Å²) in [5.41, 5.74) is 1.01. The van der Waals surface area contributed by atoms with Crippen LogP contribution in [0.15, 0.2) is 60.4 Å². The molecule has 0 bridgehead atoms. The Bertz CT molecular complexity index is 1250. The van der Waals surface area contributed by atoms with Crippen LogP contribution < -0.4 is 14.8 Å². The van der Waals surface area contributed by atoms with Crippen LogP contribution in [0.1, 0.15) is 15.9 Å². The predicted molar refractivity (Wildman–Crippen MR) is 111 cm³/mol. The van der Waals surface area contributed by atoms with E-state index in [0.29, 0.717) is 33.8 Å². The highest BCUT2D eigenvalue weighted by Gasteiger charge is 2.26. The van der Waals surface area contributed by atoms with Crippen LogP contribution in [-0.4, -0.2) is 32.2 Å². The number of ether oxygens (including phenoxy) is 4. The molecule has 0 aromatic heterocycles. The maximum atomic E-state index is 12.1. The summed E-state index contributed by atoms with van der Waals surface area (Å²) in [7, 11) is 2.82. The van der Waals surface area contributed by atoms with Gasteiger partial charge in [0.05, 0.1) is 19.8 Å². The van der Waals surface area contributed by atoms with E-state index < -0.39 is 18.0 Å². The van der Waals surface area contributed by atoms with Crippen LogP contribution >= 0.6 is 0 Å². The Labute approximate surface area is 177 Å². The molecule has 4 rings (SSSR count). The third-order valence-electron chi connectivity index (χ3n) is 4.64. The third kappa shape index (κ3) is 3.91. The van der Waals surface area contributed by atoms with Crippen molar-refractivity contribution in [1.29, 1.82) is 0 Å². The Kier molecular flexibility index (Phi) is 5.28. The second-order valence-corrected chi connectivity index (χ2v) is 6.51. The van der Waals surface area contributed by atoms with E-state index in [1.807, 2.05) is 29.6 Å². The summed E-state index contributed by atoms with van der Waals surface area (Å²) in [6, 6.07) is 15.7. The molecule has 1 heterocycles. The zero-order chi connectivity index (χ0) is 22.0. The van der Waals surface area contributed by atoms with Gasteiger partial charge < -0.3 is 18.9 Å². The Hall–Kier alpha value is -4.33. The van der Waals surface area contributed by atoms with Crippen LogP contribution in [0.3, 0.4) is 0 Å². The minimum atomic E-state index is -0.814. The molecule has 1 saturated heterocycles. The maximum Gasteiger partial charge on any atom is 0.419 e. The van der Waals surface area contributed by atoms with Crippen molar-refractivity contribution in [3.63, 3.8) is 0 Å². The number of rotatable bonds is 5. The third-order valence-corrected chi connectivity index (χ3v) is 4.64. The molecule has 3 aromatic rings. The number of amides is 2. The Morgan fingerprint density at radius 3 is 2.35 bits per heavy atom. The zero-order valence-corrected chi connectivity index (χ0v) is 16.6. The summed E-state index contributed by atoms with van der Waals surface area (Å²) in [5.74, 6) is 0.200. The predicted octanol–water partition coefficient (Wildman–Crippen LogP) is 4.03. The Balaban J connectivity index is 1.69. The lowest BCUT2D eigenvalue weighted by Gasteiger charge is -2.14. The Morgan fingerprint density at radius 1 is 0.935 bits per heavy atom. The monoisotopic (exact) mass is 419 g/mol. The van der Waals surface area contributed by atoms with Gasteiger partial charge in [-0.3, -0.25) is 10.1 Å². The minimum Gasteiger partial charge on any atom is -0.493 e. The van der Waals surface area contributed by atoms with Crippen molar-refractivity contribution in [2.45, 2.75) is 0 Å². The van der Waals surface area contributed by atoms with E-state index in [-0.39, 0.29) is 5.76 Å². The van der Waals surface area contributed by atoms with Crippen molar-refractivity contribution >= 4 is 34.8 Å². The molecule has 31 heavy (non-hydrogen) atoms. The number of cyclic esters (lactones) is 1. The van der Waals surface area contributed by atoms with Crippen molar-refractivity contribution in [1.82, 2.24) is 5.32 Å². The summed E-state index contributed by atoms with van der Waals surface area (Å²) in [6.07, 6.45) is 0.609. The zero-order valence-electron chi connectivity index (χ0n) is 16.6. The molecule has 1 aliphatic rings. The van der Waals surface area contributed by atoms with E-state index in [9.17, 15) is 14.4 Å². The fourth-order valence-corrected chi connectivity index (χ4v) is 3.20. The van der Waals surface area contributed by atoms with Crippen molar-refractivity contribution in [2.24, 2.45) is 0 Å². The minimum absolute atomic E-state index is 0.106. The molecular formula is C23H17NO7. The number of carbonyl (C=O) groups is 3. The summed E-state index contributed by atoms with van der Waals surface area (Å²) in [5, 5.41) is 3.46. The lowest BCUT2D eigenvalue weighted by molar-refractivity contribution is -0.116. The number of nitrogens with one attached hydrogen (secondary N) is 1. The first-order chi connectivity index (χ1) is 15.0. The number of hydrogen-bond donors (Lipinski definition) is 1. The summed E-state index contributed by atoms with van der Waals surface area (Å²) < 4.78 is 21.2. The van der Waals surface area contributed by atoms with Gasteiger partial charge in [0.25, 0.3) is 5.91 Å². The molecule has 0 atom stereocenters. The number of hydrogen-bond acceptors (Lipinski definition) is 7. The van der Waals surface area contributed by atoms with Crippen LogP contribution in [0.5, 0.6) is 17.2 Å². The molecule has 3 aromatic carbocycles. The van der Waals surface area contributed by atoms with Gasteiger partial charge in [-0.05, 0) is 41.3 Å². The van der Waals surface area contributed by atoms with Gasteiger partial charge in [-0.1, -0.05) is 30.3 Å². The quantitative estimate of drug-likeness (QED) is 0.492. The molecule has 1 aliphatic heterocycles. The molecule has 156 valence electrons. The van der Waals surface area contributed by atoms with Gasteiger partial charge in [0.15, 0.2) is 17.3 Å². The summed E-state index contributed by atoms with van der Waals surface area (Å²) in [6.45, 7) is 0. The molecule has 0 spiro atoms. The van der Waals surface area contributed by atoms with Gasteiger partial charge in [0, 0.05) is 5.39 Å². The van der Waals surface area contributed by atoms with Crippen LogP contribution in [-0.2, 0) is 14.3 Å². The number of benzene rings is 3. The van der Waals surface area contributed by atoms with Crippen molar-refractivity contribution in [3.05, 3.63) is 71.5 Å². The first-order valence-electron chi connectivity index (χ1n) is 9.21. The summed E-state index contributed by atoms with van der Waals surface area (Å²) in [4.78, 5) is 34.9. The molecule has 8 heteroatoms. The summed E-state index contributed by atoms with van der Waals surface area (Å²) >= 11 is 0. The van der Waals surface area contributed by atoms with Gasteiger partial charge in [-0.15, -0.1) is 0 Å². The van der Waals surface area contributed by atoms with E-state index in [1.54, 1.807) is 30.3 Å². The van der Waals surface area contributed by atoms with Crippen LogP contribution in [0.25, 0.3) is 16.8 Å². The topological polar surface area (TPSA) is 100 Å². The number of imide groups is 1. The largest absolute Gasteiger partial charge is 0.493 e. The smallest absolute Gasteiger partial charge is 0.419 e. The number of esters is 1. The van der Waals surface area contributed by atoms with Gasteiger partial charge in [-0.2, -0.15) is 0 Å². The van der Waals surface area contributed by atoms with Crippen molar-refractivity contribution in [3.8, 4) is 17.2 Å². The van der Waals surface area contributed by atoms with Crippen molar-refractivity contribution < 1.29 is 33.3 Å². The lowest BCUT2D eigenvalue weighted by atomic mass is 10.0. The molecule has 8 nitrogen and oxygen atoms in total. The van der Waals surface area contributed by atoms with E-state index in [4.69, 9.17) is 18.9 Å². The fraction of sp³-hybridized carbons (Fsp3) is 0.0870. The highest BCUT2D eigenvalue weighted by Crippen LogP contribution is 2.37. The first-order valence-corrected chi connectivity index (χ1v) is 9.21. The van der Waals surface area contributed by atoms with E-state index in [2.05, 4.69) is 0 Å². The highest BCUT2D eigenvalue weighted by molar-refractivity contribution is 6.10. The molecule has 1 N–H and O–H groups in total. The van der Waals surface area contributed by atoms with Gasteiger partial charge in [0.2, 0.25) is 0 Å². The Morgan fingerprint density at radius 2 is 1.68 bits per heavy atom. The highest BCUT2D eigenvalue weighted by atomic mass is 16.6. The molecule has 0 unspecified atom stereocenters. The second-order valence-electron chi connectivity index (χ2n) is 6.51. The number of alkyl carbamates (subject to hydrolysis) is 1. The standard InChI is InChI=1S/C23H17NO7/c1-28-19-11-13(12-20-21(25)24-23(27)31-20)7-9-18(19)30-17-10-8-16(22(26)29-2)14-5-3-4-6-15(14)17/h3-12H,1-2H3,(H,24,25,27)/b20-12+. The van der Waals surface area contributed by atoms with Gasteiger partial charge in [-0.25, -0.2) is 9.59 Å². The van der Waals surface area contributed by atoms with E-state index in [0.717, 1.165) is 5.39 Å². The van der Waals surface area contributed by atoms with E-state index >= 15 is 0 Å². The first kappa shape index (κ1) is 20.0. The lowest BCUT2D eigenvalue weighted by Crippen LogP contribution is -2.18. The molecule has 0 aliphatic carbocycles. The molecule has 1 fully saturated rings. The molecule has 2 amide bonds. The van der Waals surface area contributed by atoms with Gasteiger partial charge in [0.1, 0.15) is 5.75 Å². The number of carbonyl (C=O) groups excluding carboxylic acids is 3. The maximum absolute atomic E-state index is 12.1. The van der Waals surface area contributed by atoms with Crippen molar-refractivity contribution in [2.75, 3.05) is 14.2 Å². The normalized spacial score (nSPS) is 14.3. The average Bonchev–Trinajstić information content (AvgIpc) is 3.10. The number of methoxy groups -OCH3 is 2.